The summed E-state index contributed by atoms with van der Waals surface area (Å²) in [5.41, 5.74) is 1.19. The van der Waals surface area contributed by atoms with Crippen molar-refractivity contribution in [3.05, 3.63) is 34.1 Å². The number of rotatable bonds is 3. The first-order valence-corrected chi connectivity index (χ1v) is 6.72. The summed E-state index contributed by atoms with van der Waals surface area (Å²) in [6.07, 6.45) is 1.19. The van der Waals surface area contributed by atoms with Crippen LogP contribution in [0.4, 0.5) is 4.39 Å². The van der Waals surface area contributed by atoms with Gasteiger partial charge in [0.15, 0.2) is 0 Å². The zero-order chi connectivity index (χ0) is 12.4. The minimum atomic E-state index is -0.195. The summed E-state index contributed by atoms with van der Waals surface area (Å²) in [4.78, 5) is 2.35. The molecular formula is C13H18BrFN2. The fourth-order valence-corrected chi connectivity index (χ4v) is 3.12. The topological polar surface area (TPSA) is 15.3 Å². The Hall–Kier alpha value is -0.450. The molecule has 0 saturated carbocycles. The molecule has 1 N–H and O–H groups in total. The molecule has 1 aliphatic rings. The second-order valence-electron chi connectivity index (χ2n) is 4.71. The number of benzene rings is 1. The number of halogens is 2. The second-order valence-corrected chi connectivity index (χ2v) is 5.56. The van der Waals surface area contributed by atoms with Crippen LogP contribution in [-0.2, 0) is 0 Å². The summed E-state index contributed by atoms with van der Waals surface area (Å²) < 4.78 is 13.8. The van der Waals surface area contributed by atoms with E-state index in [1.54, 1.807) is 6.07 Å². The Morgan fingerprint density at radius 2 is 2.29 bits per heavy atom. The molecule has 0 bridgehead atoms. The van der Waals surface area contributed by atoms with Crippen LogP contribution in [0.25, 0.3) is 0 Å². The van der Waals surface area contributed by atoms with Crippen molar-refractivity contribution in [3.63, 3.8) is 0 Å². The standard InChI is InChI=1S/C13H18BrFN2/c1-16-8-10-5-6-17(2)13(10)9-3-4-12(15)11(14)7-9/h3-4,7,10,13,16H,5-6,8H2,1-2H3. The number of nitrogens with one attached hydrogen (secondary N) is 1. The molecule has 1 aliphatic heterocycles. The Morgan fingerprint density at radius 3 is 2.94 bits per heavy atom. The highest BCUT2D eigenvalue weighted by Gasteiger charge is 2.32. The van der Waals surface area contributed by atoms with Crippen molar-refractivity contribution < 1.29 is 4.39 Å². The molecule has 4 heteroatoms. The second kappa shape index (κ2) is 5.46. The van der Waals surface area contributed by atoms with E-state index in [2.05, 4.69) is 33.2 Å². The van der Waals surface area contributed by atoms with Gasteiger partial charge in [-0.3, -0.25) is 4.90 Å². The lowest BCUT2D eigenvalue weighted by atomic mass is 9.94. The van der Waals surface area contributed by atoms with E-state index in [0.717, 1.165) is 13.1 Å². The average Bonchev–Trinajstić information content (AvgIpc) is 2.65. The largest absolute Gasteiger partial charge is 0.319 e. The quantitative estimate of drug-likeness (QED) is 0.923. The molecule has 2 atom stereocenters. The third-order valence-corrected chi connectivity index (χ3v) is 4.13. The molecule has 0 aromatic heterocycles. The minimum Gasteiger partial charge on any atom is -0.319 e. The first-order valence-electron chi connectivity index (χ1n) is 5.93. The van der Waals surface area contributed by atoms with E-state index >= 15 is 0 Å². The third kappa shape index (κ3) is 2.69. The summed E-state index contributed by atoms with van der Waals surface area (Å²) in [7, 11) is 4.12. The van der Waals surface area contributed by atoms with Crippen LogP contribution in [0.15, 0.2) is 22.7 Å². The molecule has 0 spiro atoms. The number of likely N-dealkylation sites (tertiary alicyclic amines) is 1. The predicted octanol–water partition coefficient (Wildman–Crippen LogP) is 2.80. The van der Waals surface area contributed by atoms with Gasteiger partial charge < -0.3 is 5.32 Å². The van der Waals surface area contributed by atoms with E-state index in [-0.39, 0.29) is 5.82 Å². The van der Waals surface area contributed by atoms with Crippen LogP contribution < -0.4 is 5.32 Å². The van der Waals surface area contributed by atoms with Crippen LogP contribution in [0.2, 0.25) is 0 Å². The lowest BCUT2D eigenvalue weighted by Crippen LogP contribution is -2.26. The summed E-state index contributed by atoms with van der Waals surface area (Å²) in [6, 6.07) is 5.74. The summed E-state index contributed by atoms with van der Waals surface area (Å²) in [5, 5.41) is 3.24. The molecule has 94 valence electrons. The summed E-state index contributed by atoms with van der Waals surface area (Å²) >= 11 is 3.26. The minimum absolute atomic E-state index is 0.195. The van der Waals surface area contributed by atoms with Crippen LogP contribution in [0.3, 0.4) is 0 Å². The molecule has 1 aromatic carbocycles. The van der Waals surface area contributed by atoms with Gasteiger partial charge in [-0.05, 0) is 73.1 Å². The summed E-state index contributed by atoms with van der Waals surface area (Å²) in [5.74, 6) is 0.405. The zero-order valence-electron chi connectivity index (χ0n) is 10.2. The maximum atomic E-state index is 13.3. The Morgan fingerprint density at radius 1 is 1.53 bits per heavy atom. The fraction of sp³-hybridized carbons (Fsp3) is 0.538. The van der Waals surface area contributed by atoms with Crippen molar-refractivity contribution >= 4 is 15.9 Å². The molecule has 0 amide bonds. The van der Waals surface area contributed by atoms with Gasteiger partial charge in [0.05, 0.1) is 4.47 Å². The highest BCUT2D eigenvalue weighted by atomic mass is 79.9. The molecule has 1 aromatic rings. The van der Waals surface area contributed by atoms with E-state index in [1.165, 1.54) is 12.0 Å². The Kier molecular flexibility index (Phi) is 4.17. The molecule has 1 saturated heterocycles. The van der Waals surface area contributed by atoms with Crippen LogP contribution in [0, 0.1) is 11.7 Å². The maximum Gasteiger partial charge on any atom is 0.137 e. The van der Waals surface area contributed by atoms with Gasteiger partial charge in [0.1, 0.15) is 5.82 Å². The molecule has 2 nitrogen and oxygen atoms in total. The number of hydrogen-bond donors (Lipinski definition) is 1. The van der Waals surface area contributed by atoms with E-state index in [9.17, 15) is 4.39 Å². The van der Waals surface area contributed by atoms with Crippen molar-refractivity contribution in [3.8, 4) is 0 Å². The van der Waals surface area contributed by atoms with Gasteiger partial charge in [0, 0.05) is 6.04 Å². The lowest BCUT2D eigenvalue weighted by Gasteiger charge is -2.25. The Balaban J connectivity index is 2.26. The van der Waals surface area contributed by atoms with Crippen molar-refractivity contribution in [1.29, 1.82) is 0 Å². The summed E-state index contributed by atoms with van der Waals surface area (Å²) in [6.45, 7) is 2.11. The number of nitrogens with zero attached hydrogens (tertiary/aromatic N) is 1. The lowest BCUT2D eigenvalue weighted by molar-refractivity contribution is 0.274. The van der Waals surface area contributed by atoms with Crippen molar-refractivity contribution in [2.24, 2.45) is 5.92 Å². The highest BCUT2D eigenvalue weighted by molar-refractivity contribution is 9.10. The first-order chi connectivity index (χ1) is 8.13. The van der Waals surface area contributed by atoms with Gasteiger partial charge in [-0.15, -0.1) is 0 Å². The monoisotopic (exact) mass is 300 g/mol. The molecule has 0 aliphatic carbocycles. The van der Waals surface area contributed by atoms with Gasteiger partial charge >= 0.3 is 0 Å². The smallest absolute Gasteiger partial charge is 0.137 e. The number of hydrogen-bond acceptors (Lipinski definition) is 2. The van der Waals surface area contributed by atoms with E-state index in [4.69, 9.17) is 0 Å². The van der Waals surface area contributed by atoms with Crippen LogP contribution in [0.1, 0.15) is 18.0 Å². The van der Waals surface area contributed by atoms with Gasteiger partial charge in [-0.1, -0.05) is 6.07 Å². The Bertz CT molecular complexity index is 395. The Labute approximate surface area is 110 Å². The molecule has 2 rings (SSSR count). The van der Waals surface area contributed by atoms with Crippen molar-refractivity contribution in [2.45, 2.75) is 12.5 Å². The van der Waals surface area contributed by atoms with Gasteiger partial charge in [-0.25, -0.2) is 4.39 Å². The zero-order valence-corrected chi connectivity index (χ0v) is 11.8. The average molecular weight is 301 g/mol. The highest BCUT2D eigenvalue weighted by Crippen LogP contribution is 2.36. The van der Waals surface area contributed by atoms with Crippen LogP contribution >= 0.6 is 15.9 Å². The van der Waals surface area contributed by atoms with Crippen molar-refractivity contribution in [2.75, 3.05) is 27.2 Å². The fourth-order valence-electron chi connectivity index (χ4n) is 2.73. The predicted molar refractivity (Wildman–Crippen MR) is 71.5 cm³/mol. The first kappa shape index (κ1) is 13.0. The van der Waals surface area contributed by atoms with Crippen LogP contribution in [0.5, 0.6) is 0 Å². The van der Waals surface area contributed by atoms with Gasteiger partial charge in [0.25, 0.3) is 0 Å². The maximum absolute atomic E-state index is 13.3. The van der Waals surface area contributed by atoms with E-state index in [1.807, 2.05) is 19.2 Å². The van der Waals surface area contributed by atoms with E-state index < -0.39 is 0 Å². The SMILES string of the molecule is CNCC1CCN(C)C1c1ccc(F)c(Br)c1. The molecular weight excluding hydrogens is 283 g/mol. The molecule has 2 unspecified atom stereocenters. The third-order valence-electron chi connectivity index (χ3n) is 3.53. The van der Waals surface area contributed by atoms with Gasteiger partial charge in [-0.2, -0.15) is 0 Å². The van der Waals surface area contributed by atoms with Crippen LogP contribution in [-0.4, -0.2) is 32.1 Å². The normalized spacial score (nSPS) is 25.4. The van der Waals surface area contributed by atoms with Gasteiger partial charge in [0.2, 0.25) is 0 Å². The van der Waals surface area contributed by atoms with Crippen molar-refractivity contribution in [1.82, 2.24) is 10.2 Å². The molecule has 1 fully saturated rings. The molecule has 1 heterocycles. The van der Waals surface area contributed by atoms with E-state index in [0.29, 0.717) is 16.4 Å². The molecule has 17 heavy (non-hydrogen) atoms. The molecule has 0 radical (unpaired) electrons.